The summed E-state index contributed by atoms with van der Waals surface area (Å²) in [6.45, 7) is 4.30. The van der Waals surface area contributed by atoms with Crippen LogP contribution in [0.1, 0.15) is 31.0 Å². The Morgan fingerprint density at radius 2 is 1.76 bits per heavy atom. The summed E-state index contributed by atoms with van der Waals surface area (Å²) in [4.78, 5) is 7.97. The highest BCUT2D eigenvalue weighted by molar-refractivity contribution is 5.41. The first kappa shape index (κ1) is 11.6. The van der Waals surface area contributed by atoms with Gasteiger partial charge < -0.3 is 5.32 Å². The Morgan fingerprint density at radius 3 is 2.35 bits per heavy atom. The molecule has 0 amide bonds. The third kappa shape index (κ3) is 3.03. The maximum Gasteiger partial charge on any atom is 0.115 e. The number of aryl methyl sites for hydroxylation is 1. The van der Waals surface area contributed by atoms with Crippen molar-refractivity contribution in [2.24, 2.45) is 0 Å². The lowest BCUT2D eigenvalue weighted by Crippen LogP contribution is -2.07. The van der Waals surface area contributed by atoms with E-state index < -0.39 is 0 Å². The van der Waals surface area contributed by atoms with Gasteiger partial charge in [0.1, 0.15) is 6.33 Å². The molecular formula is C14H17N3. The van der Waals surface area contributed by atoms with Crippen LogP contribution in [0.15, 0.2) is 43.0 Å². The van der Waals surface area contributed by atoms with Crippen molar-refractivity contribution in [2.45, 2.75) is 26.3 Å². The summed E-state index contributed by atoms with van der Waals surface area (Å²) in [5.41, 5.74) is 3.58. The molecule has 2 aromatic rings. The van der Waals surface area contributed by atoms with Crippen LogP contribution in [0.4, 0.5) is 5.69 Å². The zero-order valence-electron chi connectivity index (χ0n) is 10.2. The van der Waals surface area contributed by atoms with E-state index in [-0.39, 0.29) is 6.04 Å². The molecule has 3 nitrogen and oxygen atoms in total. The van der Waals surface area contributed by atoms with E-state index in [0.29, 0.717) is 0 Å². The number of anilines is 1. The van der Waals surface area contributed by atoms with E-state index >= 15 is 0 Å². The predicted molar refractivity (Wildman–Crippen MR) is 69.9 cm³/mol. The molecule has 1 aromatic carbocycles. The lowest BCUT2D eigenvalue weighted by atomic mass is 10.0. The van der Waals surface area contributed by atoms with E-state index in [0.717, 1.165) is 12.1 Å². The maximum atomic E-state index is 3.99. The summed E-state index contributed by atoms with van der Waals surface area (Å²) >= 11 is 0. The van der Waals surface area contributed by atoms with Crippen molar-refractivity contribution in [1.29, 1.82) is 0 Å². The largest absolute Gasteiger partial charge is 0.376 e. The number of nitrogens with zero attached hydrogens (tertiary/aromatic N) is 2. The molecule has 17 heavy (non-hydrogen) atoms. The molecule has 0 saturated carbocycles. The molecule has 0 saturated heterocycles. The van der Waals surface area contributed by atoms with Crippen LogP contribution in [-0.2, 0) is 6.42 Å². The number of nitrogens with one attached hydrogen (secondary N) is 1. The molecule has 88 valence electrons. The molecule has 1 atom stereocenters. The second-order valence-corrected chi connectivity index (χ2v) is 4.09. The van der Waals surface area contributed by atoms with Crippen molar-refractivity contribution < 1.29 is 0 Å². The highest BCUT2D eigenvalue weighted by Crippen LogP contribution is 2.18. The third-order valence-electron chi connectivity index (χ3n) is 2.83. The van der Waals surface area contributed by atoms with Gasteiger partial charge in [0.05, 0.1) is 18.1 Å². The zero-order valence-corrected chi connectivity index (χ0v) is 10.2. The third-order valence-corrected chi connectivity index (χ3v) is 2.83. The molecule has 3 heteroatoms. The first-order chi connectivity index (χ1) is 8.29. The fourth-order valence-electron chi connectivity index (χ4n) is 1.75. The van der Waals surface area contributed by atoms with Gasteiger partial charge in [-0.3, -0.25) is 0 Å². The second kappa shape index (κ2) is 5.43. The molecule has 0 bridgehead atoms. The van der Waals surface area contributed by atoms with Gasteiger partial charge in [0.25, 0.3) is 0 Å². The lowest BCUT2D eigenvalue weighted by molar-refractivity contribution is 0.878. The monoisotopic (exact) mass is 227 g/mol. The van der Waals surface area contributed by atoms with Gasteiger partial charge in [0.2, 0.25) is 0 Å². The SMILES string of the molecule is CCc1ccc(C(C)Nc2cncnc2)cc1. The topological polar surface area (TPSA) is 37.8 Å². The molecule has 0 spiro atoms. The van der Waals surface area contributed by atoms with Crippen molar-refractivity contribution >= 4 is 5.69 Å². The van der Waals surface area contributed by atoms with E-state index in [2.05, 4.69) is 53.4 Å². The fourth-order valence-corrected chi connectivity index (χ4v) is 1.75. The second-order valence-electron chi connectivity index (χ2n) is 4.09. The Balaban J connectivity index is 2.06. The van der Waals surface area contributed by atoms with Crippen LogP contribution in [0.3, 0.4) is 0 Å². The summed E-state index contributed by atoms with van der Waals surface area (Å²) in [5.74, 6) is 0. The van der Waals surface area contributed by atoms with E-state index in [4.69, 9.17) is 0 Å². The van der Waals surface area contributed by atoms with Crippen LogP contribution in [-0.4, -0.2) is 9.97 Å². The average molecular weight is 227 g/mol. The molecule has 0 aliphatic heterocycles. The molecule has 0 radical (unpaired) electrons. The first-order valence-electron chi connectivity index (χ1n) is 5.90. The minimum absolute atomic E-state index is 0.256. The predicted octanol–water partition coefficient (Wildman–Crippen LogP) is 3.21. The minimum atomic E-state index is 0.256. The van der Waals surface area contributed by atoms with E-state index in [1.165, 1.54) is 17.5 Å². The van der Waals surface area contributed by atoms with Crippen LogP contribution >= 0.6 is 0 Å². The summed E-state index contributed by atoms with van der Waals surface area (Å²) < 4.78 is 0. The van der Waals surface area contributed by atoms with E-state index in [1.807, 2.05) is 0 Å². The molecule has 1 heterocycles. The van der Waals surface area contributed by atoms with Crippen LogP contribution in [0.2, 0.25) is 0 Å². The van der Waals surface area contributed by atoms with Crippen LogP contribution in [0.5, 0.6) is 0 Å². The normalized spacial score (nSPS) is 12.1. The molecule has 0 aliphatic rings. The van der Waals surface area contributed by atoms with Gasteiger partial charge in [-0.25, -0.2) is 9.97 Å². The molecule has 1 unspecified atom stereocenters. The average Bonchev–Trinajstić information content (AvgIpc) is 2.40. The van der Waals surface area contributed by atoms with Crippen molar-refractivity contribution in [3.05, 3.63) is 54.1 Å². The Hall–Kier alpha value is -1.90. The Labute approximate surface area is 102 Å². The number of hydrogen-bond donors (Lipinski definition) is 1. The highest BCUT2D eigenvalue weighted by Gasteiger charge is 2.04. The fraction of sp³-hybridized carbons (Fsp3) is 0.286. The summed E-state index contributed by atoms with van der Waals surface area (Å²) in [6, 6.07) is 8.94. The summed E-state index contributed by atoms with van der Waals surface area (Å²) in [5, 5.41) is 3.37. The first-order valence-corrected chi connectivity index (χ1v) is 5.90. The Bertz CT molecular complexity index is 451. The standard InChI is InChI=1S/C14H17N3/c1-3-12-4-6-13(7-5-12)11(2)17-14-8-15-10-16-9-14/h4-11,17H,3H2,1-2H3. The van der Waals surface area contributed by atoms with Gasteiger partial charge in [0, 0.05) is 6.04 Å². The maximum absolute atomic E-state index is 3.99. The lowest BCUT2D eigenvalue weighted by Gasteiger charge is -2.15. The van der Waals surface area contributed by atoms with Gasteiger partial charge in [-0.1, -0.05) is 31.2 Å². The van der Waals surface area contributed by atoms with Crippen LogP contribution < -0.4 is 5.32 Å². The zero-order chi connectivity index (χ0) is 12.1. The number of aromatic nitrogens is 2. The minimum Gasteiger partial charge on any atom is -0.376 e. The Morgan fingerprint density at radius 1 is 1.12 bits per heavy atom. The smallest absolute Gasteiger partial charge is 0.115 e. The van der Waals surface area contributed by atoms with Crippen molar-refractivity contribution in [2.75, 3.05) is 5.32 Å². The van der Waals surface area contributed by atoms with Crippen LogP contribution in [0.25, 0.3) is 0 Å². The van der Waals surface area contributed by atoms with Gasteiger partial charge in [-0.2, -0.15) is 0 Å². The van der Waals surface area contributed by atoms with Gasteiger partial charge in [0.15, 0.2) is 0 Å². The molecule has 0 aliphatic carbocycles. The van der Waals surface area contributed by atoms with Gasteiger partial charge >= 0.3 is 0 Å². The van der Waals surface area contributed by atoms with E-state index in [1.54, 1.807) is 12.4 Å². The number of hydrogen-bond acceptors (Lipinski definition) is 3. The highest BCUT2D eigenvalue weighted by atomic mass is 15.0. The van der Waals surface area contributed by atoms with Crippen molar-refractivity contribution in [3.63, 3.8) is 0 Å². The summed E-state index contributed by atoms with van der Waals surface area (Å²) in [7, 11) is 0. The Kier molecular flexibility index (Phi) is 3.70. The molecule has 1 aromatic heterocycles. The number of rotatable bonds is 4. The quantitative estimate of drug-likeness (QED) is 0.871. The molecular weight excluding hydrogens is 210 g/mol. The van der Waals surface area contributed by atoms with Gasteiger partial charge in [-0.15, -0.1) is 0 Å². The molecule has 1 N–H and O–H groups in total. The number of benzene rings is 1. The van der Waals surface area contributed by atoms with Crippen molar-refractivity contribution in [1.82, 2.24) is 9.97 Å². The molecule has 0 fully saturated rings. The van der Waals surface area contributed by atoms with Crippen LogP contribution in [0, 0.1) is 0 Å². The van der Waals surface area contributed by atoms with E-state index in [9.17, 15) is 0 Å². The molecule has 2 rings (SSSR count). The van der Waals surface area contributed by atoms with Crippen molar-refractivity contribution in [3.8, 4) is 0 Å². The van der Waals surface area contributed by atoms with Gasteiger partial charge in [-0.05, 0) is 24.5 Å². The summed E-state index contributed by atoms with van der Waals surface area (Å²) in [6.07, 6.45) is 6.17.